The summed E-state index contributed by atoms with van der Waals surface area (Å²) in [5.74, 6) is -0.830. The predicted octanol–water partition coefficient (Wildman–Crippen LogP) is 0.416. The molecule has 1 fully saturated rings. The van der Waals surface area contributed by atoms with Gasteiger partial charge in [-0.1, -0.05) is 12.1 Å². The Bertz CT molecular complexity index is 758. The van der Waals surface area contributed by atoms with E-state index in [1.54, 1.807) is 24.4 Å². The van der Waals surface area contributed by atoms with Crippen molar-refractivity contribution in [1.82, 2.24) is 9.78 Å². The van der Waals surface area contributed by atoms with Crippen LogP contribution in [0.2, 0.25) is 0 Å². The number of aromatic nitrogens is 2. The van der Waals surface area contributed by atoms with Crippen molar-refractivity contribution in [2.24, 2.45) is 11.5 Å². The monoisotopic (exact) mass is 329 g/mol. The van der Waals surface area contributed by atoms with Crippen LogP contribution in [0, 0.1) is 0 Å². The summed E-state index contributed by atoms with van der Waals surface area (Å²) in [5.41, 5.74) is 12.1. The van der Waals surface area contributed by atoms with Gasteiger partial charge in [0, 0.05) is 12.7 Å². The summed E-state index contributed by atoms with van der Waals surface area (Å²) >= 11 is 0. The van der Waals surface area contributed by atoms with Crippen molar-refractivity contribution in [1.29, 1.82) is 0 Å². The minimum Gasteiger partial charge on any atom is -0.364 e. The number of rotatable bonds is 5. The van der Waals surface area contributed by atoms with Gasteiger partial charge in [0.2, 0.25) is 0 Å². The van der Waals surface area contributed by atoms with E-state index < -0.39 is 12.0 Å². The van der Waals surface area contributed by atoms with Gasteiger partial charge in [0.1, 0.15) is 11.8 Å². The third kappa shape index (κ3) is 3.29. The van der Waals surface area contributed by atoms with Crippen molar-refractivity contribution in [3.63, 3.8) is 0 Å². The van der Waals surface area contributed by atoms with E-state index in [1.165, 1.54) is 10.7 Å². The molecule has 126 valence electrons. The number of ether oxygens (including phenoxy) is 1. The quantitative estimate of drug-likeness (QED) is 0.733. The molecule has 0 unspecified atom stereocenters. The van der Waals surface area contributed by atoms with Crippen LogP contribution >= 0.6 is 0 Å². The third-order valence-electron chi connectivity index (χ3n) is 3.91. The van der Waals surface area contributed by atoms with Gasteiger partial charge in [0.15, 0.2) is 0 Å². The molecule has 2 aromatic rings. The smallest absolute Gasteiger partial charge is 0.269 e. The van der Waals surface area contributed by atoms with E-state index in [0.717, 1.165) is 6.42 Å². The minimum atomic E-state index is -0.609. The number of nitrogens with two attached hydrogens (primary N) is 2. The fourth-order valence-corrected chi connectivity index (χ4v) is 2.65. The summed E-state index contributed by atoms with van der Waals surface area (Å²) in [6, 6.07) is 8.68. The Labute approximate surface area is 138 Å². The maximum Gasteiger partial charge on any atom is 0.269 e. The van der Waals surface area contributed by atoms with Crippen LogP contribution in [-0.4, -0.2) is 40.3 Å². The lowest BCUT2D eigenvalue weighted by molar-refractivity contribution is -0.126. The molecule has 0 aliphatic carbocycles. The lowest BCUT2D eigenvalue weighted by atomic mass is 10.2. The summed E-state index contributed by atoms with van der Waals surface area (Å²) in [4.78, 5) is 23.6. The van der Waals surface area contributed by atoms with Gasteiger partial charge in [-0.05, 0) is 31.0 Å². The predicted molar refractivity (Wildman–Crippen MR) is 87.7 cm³/mol. The van der Waals surface area contributed by atoms with E-state index >= 15 is 0 Å². The van der Waals surface area contributed by atoms with Crippen LogP contribution in [0.4, 0.5) is 5.69 Å². The van der Waals surface area contributed by atoms with Crippen LogP contribution in [0.5, 0.6) is 0 Å². The number of hydrogen-bond donors (Lipinski definition) is 3. The van der Waals surface area contributed by atoms with Gasteiger partial charge in [0.25, 0.3) is 11.8 Å². The first kappa shape index (κ1) is 16.2. The second-order valence-electron chi connectivity index (χ2n) is 5.58. The number of nitrogens with one attached hydrogen (secondary N) is 1. The van der Waals surface area contributed by atoms with Crippen LogP contribution in [0.25, 0.3) is 5.69 Å². The molecular formula is C16H19N5O3. The summed E-state index contributed by atoms with van der Waals surface area (Å²) in [6.07, 6.45) is 2.45. The van der Waals surface area contributed by atoms with Crippen molar-refractivity contribution in [3.8, 4) is 5.69 Å². The summed E-state index contributed by atoms with van der Waals surface area (Å²) in [6.45, 7) is 0.406. The Hall–Kier alpha value is -2.71. The lowest BCUT2D eigenvalue weighted by Gasteiger charge is -2.15. The first-order chi connectivity index (χ1) is 11.6. The molecule has 2 amide bonds. The summed E-state index contributed by atoms with van der Waals surface area (Å²) in [5, 5.41) is 6.97. The second-order valence-corrected chi connectivity index (χ2v) is 5.58. The van der Waals surface area contributed by atoms with Crippen molar-refractivity contribution in [3.05, 3.63) is 42.2 Å². The highest BCUT2D eigenvalue weighted by atomic mass is 16.5. The number of benzene rings is 1. The Balaban J connectivity index is 1.79. The number of primary amides is 1. The third-order valence-corrected chi connectivity index (χ3v) is 3.91. The number of amides is 2. The van der Waals surface area contributed by atoms with Crippen LogP contribution in [0.1, 0.15) is 23.3 Å². The molecule has 1 aliphatic heterocycles. The second kappa shape index (κ2) is 6.81. The van der Waals surface area contributed by atoms with Crippen LogP contribution in [0.3, 0.4) is 0 Å². The van der Waals surface area contributed by atoms with E-state index in [4.69, 9.17) is 16.2 Å². The van der Waals surface area contributed by atoms with E-state index in [9.17, 15) is 9.59 Å². The van der Waals surface area contributed by atoms with Crippen molar-refractivity contribution >= 4 is 17.5 Å². The normalized spacial score (nSPS) is 20.0. The fourth-order valence-electron chi connectivity index (χ4n) is 2.65. The highest BCUT2D eigenvalue weighted by Gasteiger charge is 2.30. The molecule has 3 rings (SSSR count). The molecular weight excluding hydrogens is 310 g/mol. The summed E-state index contributed by atoms with van der Waals surface area (Å²) in [7, 11) is 0. The first-order valence-electron chi connectivity index (χ1n) is 7.69. The minimum absolute atomic E-state index is 0.0692. The van der Waals surface area contributed by atoms with Gasteiger partial charge in [-0.15, -0.1) is 0 Å². The fraction of sp³-hybridized carbons (Fsp3) is 0.312. The van der Waals surface area contributed by atoms with Crippen molar-refractivity contribution in [2.45, 2.75) is 25.0 Å². The van der Waals surface area contributed by atoms with Crippen LogP contribution in [0.15, 0.2) is 36.5 Å². The molecule has 24 heavy (non-hydrogen) atoms. The topological polar surface area (TPSA) is 125 Å². The van der Waals surface area contributed by atoms with Crippen LogP contribution < -0.4 is 16.8 Å². The highest BCUT2D eigenvalue weighted by Crippen LogP contribution is 2.23. The Morgan fingerprint density at radius 1 is 1.29 bits per heavy atom. The van der Waals surface area contributed by atoms with E-state index in [1.807, 2.05) is 6.07 Å². The van der Waals surface area contributed by atoms with E-state index in [2.05, 4.69) is 10.4 Å². The molecule has 2 atom stereocenters. The molecule has 1 aromatic carbocycles. The number of para-hydroxylation sites is 2. The largest absolute Gasteiger partial charge is 0.364 e. The number of carbonyl (C=O) groups is 2. The van der Waals surface area contributed by atoms with Gasteiger partial charge in [-0.3, -0.25) is 9.59 Å². The van der Waals surface area contributed by atoms with Crippen molar-refractivity contribution < 1.29 is 14.3 Å². The molecule has 0 saturated carbocycles. The molecule has 0 bridgehead atoms. The zero-order chi connectivity index (χ0) is 17.1. The Kier molecular flexibility index (Phi) is 4.59. The average molecular weight is 329 g/mol. The molecule has 8 heteroatoms. The number of nitrogens with zero attached hydrogens (tertiary/aromatic N) is 2. The zero-order valence-corrected chi connectivity index (χ0v) is 13.0. The maximum atomic E-state index is 12.4. The molecule has 0 radical (unpaired) electrons. The van der Waals surface area contributed by atoms with Gasteiger partial charge >= 0.3 is 0 Å². The summed E-state index contributed by atoms with van der Waals surface area (Å²) < 4.78 is 7.10. The van der Waals surface area contributed by atoms with E-state index in [-0.39, 0.29) is 17.7 Å². The SMILES string of the molecule is NC[C@H]1CC[C@@H](C(=O)Nc2ccccc2-n2ccc(C(N)=O)n2)O1. The van der Waals surface area contributed by atoms with Gasteiger partial charge in [-0.2, -0.15) is 5.10 Å². The molecule has 2 heterocycles. The standard InChI is InChI=1S/C16H19N5O3/c17-9-10-5-6-14(24-10)16(23)19-11-3-1-2-4-13(11)21-8-7-12(20-21)15(18)22/h1-4,7-8,10,14H,5-6,9,17H2,(H2,18,22)(H,19,23)/t10-,14+/m1/s1. The molecule has 5 N–H and O–H groups in total. The Morgan fingerprint density at radius 3 is 2.75 bits per heavy atom. The highest BCUT2D eigenvalue weighted by molar-refractivity contribution is 5.96. The zero-order valence-electron chi connectivity index (χ0n) is 13.0. The molecule has 0 spiro atoms. The van der Waals surface area contributed by atoms with Crippen LogP contribution in [-0.2, 0) is 9.53 Å². The number of carbonyl (C=O) groups excluding carboxylic acids is 2. The van der Waals surface area contributed by atoms with Gasteiger partial charge < -0.3 is 21.5 Å². The number of anilines is 1. The Morgan fingerprint density at radius 2 is 2.08 bits per heavy atom. The molecule has 8 nitrogen and oxygen atoms in total. The van der Waals surface area contributed by atoms with Gasteiger partial charge in [0.05, 0.1) is 17.5 Å². The average Bonchev–Trinajstić information content (AvgIpc) is 3.25. The molecule has 1 aliphatic rings. The van der Waals surface area contributed by atoms with Crippen molar-refractivity contribution in [2.75, 3.05) is 11.9 Å². The lowest BCUT2D eigenvalue weighted by Crippen LogP contribution is -2.30. The first-order valence-corrected chi connectivity index (χ1v) is 7.69. The molecule has 1 saturated heterocycles. The van der Waals surface area contributed by atoms with E-state index in [0.29, 0.717) is 24.3 Å². The maximum absolute atomic E-state index is 12.4. The van der Waals surface area contributed by atoms with Gasteiger partial charge in [-0.25, -0.2) is 4.68 Å². The molecule has 1 aromatic heterocycles. The number of hydrogen-bond acceptors (Lipinski definition) is 5.